The molecule has 1 heterocycles. The summed E-state index contributed by atoms with van der Waals surface area (Å²) < 4.78 is 0. The number of aliphatic carboxylic acids is 1. The highest BCUT2D eigenvalue weighted by Crippen LogP contribution is 2.36. The minimum absolute atomic E-state index is 0.0470. The zero-order valence-electron chi connectivity index (χ0n) is 10.0. The molecule has 0 aromatic carbocycles. The summed E-state index contributed by atoms with van der Waals surface area (Å²) >= 11 is 1.84. The van der Waals surface area contributed by atoms with Crippen LogP contribution in [0, 0.1) is 17.8 Å². The topological polar surface area (TPSA) is 66.4 Å². The number of carboxylic acids is 1. The quantitative estimate of drug-likeness (QED) is 0.801. The molecule has 2 rings (SSSR count). The van der Waals surface area contributed by atoms with Crippen LogP contribution in [0.15, 0.2) is 0 Å². The second kappa shape index (κ2) is 5.29. The molecule has 0 radical (unpaired) electrons. The highest BCUT2D eigenvalue weighted by molar-refractivity contribution is 7.99. The highest BCUT2D eigenvalue weighted by atomic mass is 32.2. The number of carbonyl (C=O) groups is 2. The number of thioether (sulfide) groups is 1. The molecule has 0 aromatic heterocycles. The molecule has 0 aromatic rings. The molecule has 2 unspecified atom stereocenters. The molecule has 4 nitrogen and oxygen atoms in total. The smallest absolute Gasteiger partial charge is 0.307 e. The molecule has 1 saturated heterocycles. The Balaban J connectivity index is 1.94. The Kier molecular flexibility index (Phi) is 3.97. The van der Waals surface area contributed by atoms with Gasteiger partial charge in [0.1, 0.15) is 0 Å². The Bertz CT molecular complexity index is 315. The lowest BCUT2D eigenvalue weighted by Gasteiger charge is -2.18. The van der Waals surface area contributed by atoms with Crippen LogP contribution in [0.4, 0.5) is 0 Å². The van der Waals surface area contributed by atoms with Crippen molar-refractivity contribution >= 4 is 23.6 Å². The normalized spacial score (nSPS) is 37.0. The Hall–Kier alpha value is -0.710. The molecule has 2 aliphatic rings. The van der Waals surface area contributed by atoms with Gasteiger partial charge in [0.15, 0.2) is 0 Å². The Labute approximate surface area is 106 Å². The number of carboxylic acid groups (broad SMARTS) is 1. The van der Waals surface area contributed by atoms with Crippen LogP contribution in [0.5, 0.6) is 0 Å². The first-order chi connectivity index (χ1) is 8.08. The maximum absolute atomic E-state index is 12.1. The van der Waals surface area contributed by atoms with Crippen molar-refractivity contribution in [3.05, 3.63) is 0 Å². The first-order valence-corrected chi connectivity index (χ1v) is 7.34. The van der Waals surface area contributed by atoms with Crippen LogP contribution in [0.3, 0.4) is 0 Å². The minimum Gasteiger partial charge on any atom is -0.481 e. The lowest BCUT2D eigenvalue weighted by Crippen LogP contribution is -2.41. The fraction of sp³-hybridized carbons (Fsp3) is 0.833. The summed E-state index contributed by atoms with van der Waals surface area (Å²) in [4.78, 5) is 23.2. The summed E-state index contributed by atoms with van der Waals surface area (Å²) in [5, 5.41) is 12.1. The van der Waals surface area contributed by atoms with Crippen LogP contribution in [0.25, 0.3) is 0 Å². The standard InChI is InChI=1S/C12H19NO3S/c1-7-4-9(10(5-7)12(15)16)11(14)13-8-2-3-17-6-8/h7-10H,2-6H2,1H3,(H,13,14)(H,15,16)/t7?,8?,9-,10+/m0/s1. The average molecular weight is 257 g/mol. The number of hydrogen-bond acceptors (Lipinski definition) is 3. The molecule has 1 aliphatic carbocycles. The van der Waals surface area contributed by atoms with Crippen LogP contribution >= 0.6 is 11.8 Å². The monoisotopic (exact) mass is 257 g/mol. The minimum atomic E-state index is -0.824. The van der Waals surface area contributed by atoms with E-state index >= 15 is 0 Å². The van der Waals surface area contributed by atoms with E-state index in [1.807, 2.05) is 18.7 Å². The van der Waals surface area contributed by atoms with Gasteiger partial charge in [0.05, 0.1) is 11.8 Å². The Morgan fingerprint density at radius 1 is 1.29 bits per heavy atom. The van der Waals surface area contributed by atoms with E-state index in [0.717, 1.165) is 17.9 Å². The first kappa shape index (κ1) is 12.7. The third-order valence-corrected chi connectivity index (χ3v) is 4.89. The third-order valence-electron chi connectivity index (χ3n) is 3.73. The Morgan fingerprint density at radius 2 is 2.00 bits per heavy atom. The van der Waals surface area contributed by atoms with E-state index in [1.165, 1.54) is 0 Å². The molecule has 1 saturated carbocycles. The summed E-state index contributed by atoms with van der Waals surface area (Å²) in [5.74, 6) is 0.710. The van der Waals surface area contributed by atoms with Gasteiger partial charge in [0.2, 0.25) is 5.91 Å². The van der Waals surface area contributed by atoms with Crippen LogP contribution < -0.4 is 5.32 Å². The number of rotatable bonds is 3. The number of nitrogens with one attached hydrogen (secondary N) is 1. The number of carbonyl (C=O) groups excluding carboxylic acids is 1. The molecule has 1 amide bonds. The largest absolute Gasteiger partial charge is 0.481 e. The summed E-state index contributed by atoms with van der Waals surface area (Å²) in [6, 6.07) is 0.248. The Morgan fingerprint density at radius 3 is 2.59 bits per heavy atom. The predicted octanol–water partition coefficient (Wildman–Crippen LogP) is 1.35. The fourth-order valence-electron chi connectivity index (χ4n) is 2.81. The van der Waals surface area contributed by atoms with Gasteiger partial charge >= 0.3 is 5.97 Å². The van der Waals surface area contributed by atoms with Crippen LogP contribution in [-0.4, -0.2) is 34.5 Å². The molecule has 5 heteroatoms. The van der Waals surface area contributed by atoms with Gasteiger partial charge in [-0.05, 0) is 30.9 Å². The van der Waals surface area contributed by atoms with Gasteiger partial charge in [-0.25, -0.2) is 0 Å². The maximum Gasteiger partial charge on any atom is 0.307 e. The zero-order valence-corrected chi connectivity index (χ0v) is 10.8. The van der Waals surface area contributed by atoms with Gasteiger partial charge in [-0.3, -0.25) is 9.59 Å². The zero-order chi connectivity index (χ0) is 12.4. The average Bonchev–Trinajstić information content (AvgIpc) is 2.86. The van der Waals surface area contributed by atoms with Gasteiger partial charge in [-0.1, -0.05) is 6.92 Å². The summed E-state index contributed by atoms with van der Waals surface area (Å²) in [5.41, 5.74) is 0. The van der Waals surface area contributed by atoms with Crippen molar-refractivity contribution in [1.82, 2.24) is 5.32 Å². The lowest BCUT2D eigenvalue weighted by atomic mass is 9.95. The number of amides is 1. The van der Waals surface area contributed by atoms with Crippen molar-refractivity contribution < 1.29 is 14.7 Å². The van der Waals surface area contributed by atoms with E-state index in [4.69, 9.17) is 5.11 Å². The molecule has 0 bridgehead atoms. The van der Waals surface area contributed by atoms with Gasteiger partial charge in [-0.15, -0.1) is 0 Å². The molecule has 1 aliphatic heterocycles. The van der Waals surface area contributed by atoms with Crippen molar-refractivity contribution in [3.8, 4) is 0 Å². The van der Waals surface area contributed by atoms with E-state index in [-0.39, 0.29) is 17.9 Å². The van der Waals surface area contributed by atoms with E-state index in [2.05, 4.69) is 5.32 Å². The van der Waals surface area contributed by atoms with Crippen LogP contribution in [0.1, 0.15) is 26.2 Å². The second-order valence-electron chi connectivity index (χ2n) is 5.20. The third kappa shape index (κ3) is 2.94. The lowest BCUT2D eigenvalue weighted by molar-refractivity contribution is -0.146. The van der Waals surface area contributed by atoms with Crippen molar-refractivity contribution in [1.29, 1.82) is 0 Å². The molecule has 17 heavy (non-hydrogen) atoms. The van der Waals surface area contributed by atoms with Gasteiger partial charge in [0, 0.05) is 11.8 Å². The number of hydrogen-bond donors (Lipinski definition) is 2. The summed E-state index contributed by atoms with van der Waals surface area (Å²) in [6.07, 6.45) is 2.35. The molecule has 2 N–H and O–H groups in total. The molecule has 2 fully saturated rings. The highest BCUT2D eigenvalue weighted by Gasteiger charge is 2.41. The fourth-order valence-corrected chi connectivity index (χ4v) is 3.96. The molecular weight excluding hydrogens is 238 g/mol. The summed E-state index contributed by atoms with van der Waals surface area (Å²) in [7, 11) is 0. The second-order valence-corrected chi connectivity index (χ2v) is 6.35. The van der Waals surface area contributed by atoms with Crippen LogP contribution in [-0.2, 0) is 9.59 Å². The van der Waals surface area contributed by atoms with Gasteiger partial charge < -0.3 is 10.4 Å². The van der Waals surface area contributed by atoms with E-state index < -0.39 is 11.9 Å². The van der Waals surface area contributed by atoms with E-state index in [9.17, 15) is 9.59 Å². The maximum atomic E-state index is 12.1. The molecular formula is C12H19NO3S. The van der Waals surface area contributed by atoms with Gasteiger partial charge in [-0.2, -0.15) is 11.8 Å². The summed E-state index contributed by atoms with van der Waals surface area (Å²) in [6.45, 7) is 2.02. The van der Waals surface area contributed by atoms with Gasteiger partial charge in [0.25, 0.3) is 0 Å². The van der Waals surface area contributed by atoms with E-state index in [1.54, 1.807) is 0 Å². The predicted molar refractivity (Wildman–Crippen MR) is 66.9 cm³/mol. The first-order valence-electron chi connectivity index (χ1n) is 6.19. The SMILES string of the molecule is CC1C[C@H](C(=O)NC2CCSC2)[C@H](C(=O)O)C1. The van der Waals surface area contributed by atoms with Crippen molar-refractivity contribution in [2.75, 3.05) is 11.5 Å². The van der Waals surface area contributed by atoms with Crippen molar-refractivity contribution in [3.63, 3.8) is 0 Å². The van der Waals surface area contributed by atoms with Crippen molar-refractivity contribution in [2.24, 2.45) is 17.8 Å². The van der Waals surface area contributed by atoms with Crippen molar-refractivity contribution in [2.45, 2.75) is 32.2 Å². The van der Waals surface area contributed by atoms with Crippen LogP contribution in [0.2, 0.25) is 0 Å². The van der Waals surface area contributed by atoms with E-state index in [0.29, 0.717) is 18.8 Å². The molecule has 96 valence electrons. The molecule has 4 atom stereocenters. The molecule has 0 spiro atoms.